The SMILES string of the molecule is COC1O[C@@H](C)C(O[C@@H]2OC(C)[C@@H](C)[C@H](C)C2O)C(O[C@@H]2OC(C(=O)O)[C@H](O)C(O)C2O)[C@H]1OC1O[C@H](C(=O)O)C(O)[C@@H](O)[C@H]1O. The van der Waals surface area contributed by atoms with Gasteiger partial charge in [-0.05, 0) is 25.7 Å². The fourth-order valence-corrected chi connectivity index (χ4v) is 5.96. The van der Waals surface area contributed by atoms with Gasteiger partial charge in [0.05, 0.1) is 12.2 Å². The van der Waals surface area contributed by atoms with Crippen LogP contribution in [0.1, 0.15) is 27.7 Å². The van der Waals surface area contributed by atoms with Crippen LogP contribution in [0.4, 0.5) is 0 Å². The Morgan fingerprint density at radius 1 is 0.478 bits per heavy atom. The molecule has 0 radical (unpaired) electrons. The molecule has 266 valence electrons. The molecule has 4 fully saturated rings. The van der Waals surface area contributed by atoms with E-state index >= 15 is 0 Å². The molecule has 4 heterocycles. The van der Waals surface area contributed by atoms with E-state index in [1.807, 2.05) is 6.92 Å². The molecule has 9 N–H and O–H groups in total. The van der Waals surface area contributed by atoms with Crippen molar-refractivity contribution in [2.75, 3.05) is 7.11 Å². The van der Waals surface area contributed by atoms with Crippen molar-refractivity contribution < 1.29 is 93.4 Å². The summed E-state index contributed by atoms with van der Waals surface area (Å²) in [6.45, 7) is 6.96. The predicted molar refractivity (Wildman–Crippen MR) is 143 cm³/mol. The summed E-state index contributed by atoms with van der Waals surface area (Å²) in [6, 6.07) is 0. The lowest BCUT2D eigenvalue weighted by Crippen LogP contribution is -2.68. The summed E-state index contributed by atoms with van der Waals surface area (Å²) in [5.41, 5.74) is 0. The summed E-state index contributed by atoms with van der Waals surface area (Å²) in [5.74, 6) is -3.76. The molecule has 4 aliphatic heterocycles. The van der Waals surface area contributed by atoms with Crippen LogP contribution in [-0.4, -0.2) is 176 Å². The van der Waals surface area contributed by atoms with Gasteiger partial charge in [0, 0.05) is 7.11 Å². The first kappa shape index (κ1) is 37.2. The zero-order valence-corrected chi connectivity index (χ0v) is 25.7. The average molecular weight is 673 g/mol. The first-order chi connectivity index (χ1) is 21.5. The number of methoxy groups -OCH3 is 1. The third kappa shape index (κ3) is 7.19. The van der Waals surface area contributed by atoms with Gasteiger partial charge in [-0.3, -0.25) is 0 Å². The maximum absolute atomic E-state index is 11.8. The van der Waals surface area contributed by atoms with Crippen molar-refractivity contribution in [3.63, 3.8) is 0 Å². The van der Waals surface area contributed by atoms with Crippen molar-refractivity contribution in [1.29, 1.82) is 0 Å². The molecule has 4 rings (SSSR count). The molecule has 0 saturated carbocycles. The summed E-state index contributed by atoms with van der Waals surface area (Å²) < 4.78 is 45.9. The highest BCUT2D eigenvalue weighted by atomic mass is 16.8. The third-order valence-corrected chi connectivity index (χ3v) is 9.20. The van der Waals surface area contributed by atoms with Crippen LogP contribution in [-0.2, 0) is 47.5 Å². The highest BCUT2D eigenvalue weighted by Crippen LogP contribution is 2.38. The maximum atomic E-state index is 11.8. The topological polar surface area (TPSA) is 290 Å². The minimum absolute atomic E-state index is 0.0727. The molecule has 0 aliphatic carbocycles. The molecule has 19 nitrogen and oxygen atoms in total. The van der Waals surface area contributed by atoms with Gasteiger partial charge in [0.15, 0.2) is 37.4 Å². The number of carbonyl (C=O) groups is 2. The molecule has 4 saturated heterocycles. The van der Waals surface area contributed by atoms with E-state index in [0.29, 0.717) is 0 Å². The van der Waals surface area contributed by atoms with Crippen molar-refractivity contribution in [3.8, 4) is 0 Å². The molecule has 0 spiro atoms. The quantitative estimate of drug-likeness (QED) is 0.112. The van der Waals surface area contributed by atoms with Crippen LogP contribution in [0.15, 0.2) is 0 Å². The second-order valence-corrected chi connectivity index (χ2v) is 12.1. The lowest BCUT2D eigenvalue weighted by Gasteiger charge is -2.50. The molecular formula is C27H44O19. The van der Waals surface area contributed by atoms with E-state index in [1.165, 1.54) is 14.0 Å². The second kappa shape index (κ2) is 14.8. The van der Waals surface area contributed by atoms with E-state index in [0.717, 1.165) is 0 Å². The van der Waals surface area contributed by atoms with Crippen LogP contribution < -0.4 is 0 Å². The lowest BCUT2D eigenvalue weighted by atomic mass is 9.84. The van der Waals surface area contributed by atoms with Crippen molar-refractivity contribution in [2.45, 2.75) is 138 Å². The average Bonchev–Trinajstić information content (AvgIpc) is 3.00. The molecule has 10 unspecified atom stereocenters. The summed E-state index contributed by atoms with van der Waals surface area (Å²) >= 11 is 0. The number of aliphatic hydroxyl groups excluding tert-OH is 7. The van der Waals surface area contributed by atoms with Crippen LogP contribution in [0.5, 0.6) is 0 Å². The molecule has 46 heavy (non-hydrogen) atoms. The van der Waals surface area contributed by atoms with Crippen LogP contribution in [0.25, 0.3) is 0 Å². The number of aliphatic carboxylic acids is 2. The Morgan fingerprint density at radius 2 is 0.891 bits per heavy atom. The maximum Gasteiger partial charge on any atom is 0.335 e. The van der Waals surface area contributed by atoms with Crippen molar-refractivity contribution in [2.24, 2.45) is 11.8 Å². The molecular weight excluding hydrogens is 628 g/mol. The number of carboxylic acid groups (broad SMARTS) is 2. The fourth-order valence-electron chi connectivity index (χ4n) is 5.96. The summed E-state index contributed by atoms with van der Waals surface area (Å²) in [6.07, 6.45) is -30.2. The van der Waals surface area contributed by atoms with Crippen LogP contribution in [0.2, 0.25) is 0 Å². The van der Waals surface area contributed by atoms with Gasteiger partial charge in [-0.25, -0.2) is 9.59 Å². The molecule has 0 aromatic heterocycles. The van der Waals surface area contributed by atoms with Crippen LogP contribution in [0, 0.1) is 11.8 Å². The predicted octanol–water partition coefficient (Wildman–Crippen LogP) is -4.30. The van der Waals surface area contributed by atoms with Crippen LogP contribution >= 0.6 is 0 Å². The molecule has 0 amide bonds. The Hall–Kier alpha value is -1.66. The van der Waals surface area contributed by atoms with E-state index in [4.69, 9.17) is 37.9 Å². The lowest BCUT2D eigenvalue weighted by molar-refractivity contribution is -0.399. The van der Waals surface area contributed by atoms with E-state index < -0.39 is 116 Å². The van der Waals surface area contributed by atoms with E-state index in [2.05, 4.69) is 0 Å². The van der Waals surface area contributed by atoms with Gasteiger partial charge in [0.25, 0.3) is 0 Å². The molecule has 0 aromatic rings. The highest BCUT2D eigenvalue weighted by molar-refractivity contribution is 5.73. The van der Waals surface area contributed by atoms with E-state index in [1.54, 1.807) is 13.8 Å². The Balaban J connectivity index is 1.71. The number of hydrogen-bond donors (Lipinski definition) is 9. The summed E-state index contributed by atoms with van der Waals surface area (Å²) in [5, 5.41) is 92.5. The number of rotatable bonds is 9. The molecule has 20 atom stereocenters. The van der Waals surface area contributed by atoms with Gasteiger partial charge in [0.1, 0.15) is 61.0 Å². The second-order valence-electron chi connectivity index (χ2n) is 12.1. The van der Waals surface area contributed by atoms with Crippen LogP contribution in [0.3, 0.4) is 0 Å². The monoisotopic (exact) mass is 672 g/mol. The molecule has 4 aliphatic rings. The van der Waals surface area contributed by atoms with Gasteiger partial charge in [0.2, 0.25) is 0 Å². The van der Waals surface area contributed by atoms with Gasteiger partial charge in [-0.1, -0.05) is 13.8 Å². The Kier molecular flexibility index (Phi) is 12.0. The van der Waals surface area contributed by atoms with Gasteiger partial charge in [-0.15, -0.1) is 0 Å². The largest absolute Gasteiger partial charge is 0.479 e. The van der Waals surface area contributed by atoms with Gasteiger partial charge in [-0.2, -0.15) is 0 Å². The van der Waals surface area contributed by atoms with Crippen molar-refractivity contribution in [1.82, 2.24) is 0 Å². The Bertz CT molecular complexity index is 1050. The van der Waals surface area contributed by atoms with Crippen molar-refractivity contribution >= 4 is 11.9 Å². The van der Waals surface area contributed by atoms with E-state index in [-0.39, 0.29) is 17.9 Å². The first-order valence-electron chi connectivity index (χ1n) is 14.8. The van der Waals surface area contributed by atoms with Gasteiger partial charge >= 0.3 is 11.9 Å². The molecule has 0 bridgehead atoms. The fraction of sp³-hybridized carbons (Fsp3) is 0.926. The van der Waals surface area contributed by atoms with E-state index in [9.17, 15) is 55.5 Å². The number of hydrogen-bond acceptors (Lipinski definition) is 17. The highest BCUT2D eigenvalue weighted by Gasteiger charge is 2.56. The zero-order valence-electron chi connectivity index (χ0n) is 25.7. The molecule has 19 heteroatoms. The Morgan fingerprint density at radius 3 is 1.35 bits per heavy atom. The van der Waals surface area contributed by atoms with Crippen molar-refractivity contribution in [3.05, 3.63) is 0 Å². The first-order valence-corrected chi connectivity index (χ1v) is 14.8. The Labute approximate surface area is 263 Å². The minimum Gasteiger partial charge on any atom is -0.479 e. The number of carboxylic acids is 2. The summed E-state index contributed by atoms with van der Waals surface area (Å²) in [4.78, 5) is 23.5. The number of aliphatic hydroxyl groups is 7. The standard InChI is InChI=1S/C27H44O19/c1-6-7(2)10(28)24(40-8(6)3)42-17-9(4)41-27(39-5)21(46-26-16(34)12(30)14(32)19(44-26)23(37)38)20(17)45-25-15(33)11(29)13(31)18(43-25)22(35)36/h6-21,24-34H,1-5H3,(H,35,36)(H,37,38)/t6-,7-,8?,9-,10?,11?,12+,13+,14?,15?,16+,17?,18?,19-,20?,21+,24-,25-,26?,27?/m0/s1. The summed E-state index contributed by atoms with van der Waals surface area (Å²) in [7, 11) is 1.19. The number of ether oxygens (including phenoxy) is 8. The third-order valence-electron chi connectivity index (χ3n) is 9.20. The van der Waals surface area contributed by atoms with Gasteiger partial charge < -0.3 is 83.9 Å². The zero-order chi connectivity index (χ0) is 34.4. The minimum atomic E-state index is -2.06. The normalized spacial score (nSPS) is 51.8. The smallest absolute Gasteiger partial charge is 0.335 e. The molecule has 0 aromatic carbocycles.